The van der Waals surface area contributed by atoms with Crippen LogP contribution in [0.25, 0.3) is 0 Å². The van der Waals surface area contributed by atoms with Gasteiger partial charge in [-0.05, 0) is 44.0 Å². The van der Waals surface area contributed by atoms with Gasteiger partial charge in [0.1, 0.15) is 5.82 Å². The maximum absolute atomic E-state index is 12.2. The zero-order valence-corrected chi connectivity index (χ0v) is 15.6. The van der Waals surface area contributed by atoms with E-state index in [1.807, 2.05) is 6.92 Å². The van der Waals surface area contributed by atoms with Crippen LogP contribution in [0.4, 0.5) is 5.69 Å². The lowest BCUT2D eigenvalue weighted by Crippen LogP contribution is -2.17. The monoisotopic (exact) mass is 373 g/mol. The summed E-state index contributed by atoms with van der Waals surface area (Å²) in [5.41, 5.74) is 6.25. The Kier molecular flexibility index (Phi) is 5.92. The SMILES string of the molecule is Cc1nnc(SCC(=O)Nc2ccc(C(N)=O)cc2)n1C1CCCCC1. The van der Waals surface area contributed by atoms with Crippen molar-refractivity contribution in [3.63, 3.8) is 0 Å². The van der Waals surface area contributed by atoms with Gasteiger partial charge in [0.05, 0.1) is 5.75 Å². The Morgan fingerprint density at radius 2 is 1.88 bits per heavy atom. The summed E-state index contributed by atoms with van der Waals surface area (Å²) in [4.78, 5) is 23.3. The third kappa shape index (κ3) is 4.43. The summed E-state index contributed by atoms with van der Waals surface area (Å²) in [6, 6.07) is 6.95. The second-order valence-corrected chi connectivity index (χ2v) is 7.41. The van der Waals surface area contributed by atoms with Gasteiger partial charge in [0, 0.05) is 17.3 Å². The van der Waals surface area contributed by atoms with Gasteiger partial charge in [-0.3, -0.25) is 9.59 Å². The van der Waals surface area contributed by atoms with Gasteiger partial charge in [0.25, 0.3) is 0 Å². The number of benzene rings is 1. The first-order valence-electron chi connectivity index (χ1n) is 8.78. The standard InChI is InChI=1S/C18H23N5O2S/c1-12-21-22-18(23(12)15-5-3-2-4-6-15)26-11-16(24)20-14-9-7-13(8-10-14)17(19)25/h7-10,15H,2-6,11H2,1H3,(H2,19,25)(H,20,24). The lowest BCUT2D eigenvalue weighted by molar-refractivity contribution is -0.113. The second kappa shape index (κ2) is 8.35. The highest BCUT2D eigenvalue weighted by Gasteiger charge is 2.21. The third-order valence-corrected chi connectivity index (χ3v) is 5.50. The maximum atomic E-state index is 12.2. The molecule has 0 unspecified atom stereocenters. The zero-order valence-electron chi connectivity index (χ0n) is 14.8. The molecule has 3 N–H and O–H groups in total. The van der Waals surface area contributed by atoms with E-state index < -0.39 is 5.91 Å². The Morgan fingerprint density at radius 1 is 1.19 bits per heavy atom. The molecule has 1 saturated carbocycles. The topological polar surface area (TPSA) is 103 Å². The minimum atomic E-state index is -0.490. The van der Waals surface area contributed by atoms with E-state index in [4.69, 9.17) is 5.73 Å². The fourth-order valence-electron chi connectivity index (χ4n) is 3.25. The quantitative estimate of drug-likeness (QED) is 0.758. The number of primary amides is 1. The highest BCUT2D eigenvalue weighted by molar-refractivity contribution is 7.99. The first-order valence-corrected chi connectivity index (χ1v) is 9.77. The fraction of sp³-hybridized carbons (Fsp3) is 0.444. The molecular weight excluding hydrogens is 350 g/mol. The molecular formula is C18H23N5O2S. The Hall–Kier alpha value is -2.35. The number of nitrogens with one attached hydrogen (secondary N) is 1. The predicted octanol–water partition coefficient (Wildman–Crippen LogP) is 2.92. The molecule has 1 aliphatic rings. The molecule has 7 nitrogen and oxygen atoms in total. The van der Waals surface area contributed by atoms with Gasteiger partial charge in [0.2, 0.25) is 11.8 Å². The molecule has 1 aliphatic carbocycles. The molecule has 0 atom stereocenters. The van der Waals surface area contributed by atoms with Gasteiger partial charge >= 0.3 is 0 Å². The number of nitrogens with zero attached hydrogens (tertiary/aromatic N) is 3. The van der Waals surface area contributed by atoms with Crippen molar-refractivity contribution in [3.05, 3.63) is 35.7 Å². The molecule has 0 spiro atoms. The van der Waals surface area contributed by atoms with E-state index in [2.05, 4.69) is 20.1 Å². The van der Waals surface area contributed by atoms with Crippen LogP contribution < -0.4 is 11.1 Å². The van der Waals surface area contributed by atoms with E-state index in [1.54, 1.807) is 24.3 Å². The minimum absolute atomic E-state index is 0.127. The molecule has 0 aliphatic heterocycles. The summed E-state index contributed by atoms with van der Waals surface area (Å²) >= 11 is 1.40. The molecule has 2 aromatic rings. The van der Waals surface area contributed by atoms with Gasteiger partial charge in [-0.2, -0.15) is 0 Å². The first kappa shape index (κ1) is 18.4. The van der Waals surface area contributed by atoms with Gasteiger partial charge in [-0.1, -0.05) is 31.0 Å². The van der Waals surface area contributed by atoms with Crippen molar-refractivity contribution < 1.29 is 9.59 Å². The van der Waals surface area contributed by atoms with Crippen molar-refractivity contribution in [3.8, 4) is 0 Å². The van der Waals surface area contributed by atoms with Crippen molar-refractivity contribution in [2.45, 2.75) is 50.2 Å². The molecule has 0 bridgehead atoms. The number of amides is 2. The highest BCUT2D eigenvalue weighted by atomic mass is 32.2. The number of carbonyl (C=O) groups excluding carboxylic acids is 2. The molecule has 2 amide bonds. The van der Waals surface area contributed by atoms with Crippen molar-refractivity contribution in [1.29, 1.82) is 0 Å². The largest absolute Gasteiger partial charge is 0.366 e. The van der Waals surface area contributed by atoms with Crippen LogP contribution in [0.3, 0.4) is 0 Å². The smallest absolute Gasteiger partial charge is 0.248 e. The van der Waals surface area contributed by atoms with Crippen molar-refractivity contribution in [2.24, 2.45) is 5.73 Å². The van der Waals surface area contributed by atoms with E-state index in [0.717, 1.165) is 23.8 Å². The Balaban J connectivity index is 1.58. The molecule has 1 heterocycles. The second-order valence-electron chi connectivity index (χ2n) is 6.47. The summed E-state index contributed by atoms with van der Waals surface area (Å²) in [6.07, 6.45) is 6.04. The molecule has 1 aromatic carbocycles. The van der Waals surface area contributed by atoms with Gasteiger partial charge in [-0.15, -0.1) is 10.2 Å². The molecule has 1 fully saturated rings. The van der Waals surface area contributed by atoms with Gasteiger partial charge in [0.15, 0.2) is 5.16 Å². The van der Waals surface area contributed by atoms with E-state index in [1.165, 1.54) is 31.0 Å². The average molecular weight is 373 g/mol. The number of aryl methyl sites for hydroxylation is 1. The molecule has 1 aromatic heterocycles. The number of rotatable bonds is 6. The number of hydrogen-bond donors (Lipinski definition) is 2. The summed E-state index contributed by atoms with van der Waals surface area (Å²) in [5.74, 6) is 0.540. The first-order chi connectivity index (χ1) is 12.5. The fourth-order valence-corrected chi connectivity index (χ4v) is 4.10. The van der Waals surface area contributed by atoms with Crippen LogP contribution in [-0.4, -0.2) is 32.3 Å². The van der Waals surface area contributed by atoms with Crippen LogP contribution in [0.2, 0.25) is 0 Å². The van der Waals surface area contributed by atoms with E-state index in [0.29, 0.717) is 17.3 Å². The molecule has 3 rings (SSSR count). The number of anilines is 1. The van der Waals surface area contributed by atoms with Crippen LogP contribution in [-0.2, 0) is 4.79 Å². The van der Waals surface area contributed by atoms with Gasteiger partial charge < -0.3 is 15.6 Å². The van der Waals surface area contributed by atoms with Crippen LogP contribution >= 0.6 is 11.8 Å². The van der Waals surface area contributed by atoms with Crippen LogP contribution in [0, 0.1) is 6.92 Å². The van der Waals surface area contributed by atoms with Crippen molar-refractivity contribution >= 4 is 29.3 Å². The van der Waals surface area contributed by atoms with Crippen molar-refractivity contribution in [2.75, 3.05) is 11.1 Å². The number of thioether (sulfide) groups is 1. The van der Waals surface area contributed by atoms with Crippen LogP contribution in [0.5, 0.6) is 0 Å². The van der Waals surface area contributed by atoms with E-state index >= 15 is 0 Å². The lowest BCUT2D eigenvalue weighted by Gasteiger charge is -2.24. The third-order valence-electron chi connectivity index (χ3n) is 4.56. The number of aromatic nitrogens is 3. The normalized spacial score (nSPS) is 15.0. The summed E-state index contributed by atoms with van der Waals surface area (Å²) in [7, 11) is 0. The molecule has 26 heavy (non-hydrogen) atoms. The number of nitrogens with two attached hydrogens (primary N) is 1. The molecule has 0 saturated heterocycles. The molecule has 138 valence electrons. The maximum Gasteiger partial charge on any atom is 0.248 e. The summed E-state index contributed by atoms with van der Waals surface area (Å²) < 4.78 is 2.18. The number of carbonyl (C=O) groups is 2. The predicted molar refractivity (Wildman–Crippen MR) is 101 cm³/mol. The van der Waals surface area contributed by atoms with E-state index in [9.17, 15) is 9.59 Å². The molecule has 0 radical (unpaired) electrons. The minimum Gasteiger partial charge on any atom is -0.366 e. The lowest BCUT2D eigenvalue weighted by atomic mass is 9.95. The van der Waals surface area contributed by atoms with Crippen LogP contribution in [0.1, 0.15) is 54.3 Å². The Morgan fingerprint density at radius 3 is 2.54 bits per heavy atom. The van der Waals surface area contributed by atoms with Gasteiger partial charge in [-0.25, -0.2) is 0 Å². The Labute approximate surface area is 156 Å². The highest BCUT2D eigenvalue weighted by Crippen LogP contribution is 2.32. The average Bonchev–Trinajstić information content (AvgIpc) is 3.02. The summed E-state index contributed by atoms with van der Waals surface area (Å²) in [6.45, 7) is 1.96. The summed E-state index contributed by atoms with van der Waals surface area (Å²) in [5, 5.41) is 12.1. The van der Waals surface area contributed by atoms with E-state index in [-0.39, 0.29) is 11.7 Å². The zero-order chi connectivity index (χ0) is 18.5. The van der Waals surface area contributed by atoms with Crippen LogP contribution in [0.15, 0.2) is 29.4 Å². The molecule has 8 heteroatoms. The number of hydrogen-bond acceptors (Lipinski definition) is 5. The van der Waals surface area contributed by atoms with Crippen molar-refractivity contribution in [1.82, 2.24) is 14.8 Å². The Bertz CT molecular complexity index is 781.